The Morgan fingerprint density at radius 3 is 2.40 bits per heavy atom. The van der Waals surface area contributed by atoms with Gasteiger partial charge in [0.1, 0.15) is 18.1 Å². The number of hydrogen-bond donors (Lipinski definition) is 3. The highest BCUT2D eigenvalue weighted by atomic mass is 16.6. The number of hydrogen-bond acceptors (Lipinski definition) is 6. The van der Waals surface area contributed by atoms with Gasteiger partial charge < -0.3 is 25.2 Å². The molecule has 2 amide bonds. The van der Waals surface area contributed by atoms with E-state index >= 15 is 0 Å². The first-order valence-electron chi connectivity index (χ1n) is 8.18. The SMILES string of the molecule is CCOC(=O)CC(=O)NCC1CC1C(NC(=O)OC(C)(C)C)C(=O)O. The van der Waals surface area contributed by atoms with Crippen LogP contribution in [0.1, 0.15) is 40.5 Å². The minimum atomic E-state index is -1.16. The van der Waals surface area contributed by atoms with Crippen LogP contribution in [0.25, 0.3) is 0 Å². The Hall–Kier alpha value is -2.32. The number of nitrogens with one attached hydrogen (secondary N) is 2. The van der Waals surface area contributed by atoms with Crippen LogP contribution in [0, 0.1) is 11.8 Å². The molecule has 0 aromatic heterocycles. The second kappa shape index (κ2) is 8.68. The largest absolute Gasteiger partial charge is 0.480 e. The zero-order valence-corrected chi connectivity index (χ0v) is 15.0. The summed E-state index contributed by atoms with van der Waals surface area (Å²) >= 11 is 0. The molecule has 0 aromatic rings. The number of aliphatic carboxylic acids is 1. The molecular formula is C16H26N2O7. The summed E-state index contributed by atoms with van der Waals surface area (Å²) in [5.74, 6) is -2.62. The molecule has 1 rings (SSSR count). The van der Waals surface area contributed by atoms with Gasteiger partial charge in [-0.05, 0) is 46.0 Å². The fraction of sp³-hybridized carbons (Fsp3) is 0.750. The van der Waals surface area contributed by atoms with Crippen molar-refractivity contribution in [3.63, 3.8) is 0 Å². The van der Waals surface area contributed by atoms with E-state index in [0.29, 0.717) is 6.42 Å². The van der Waals surface area contributed by atoms with E-state index in [1.807, 2.05) is 0 Å². The lowest BCUT2D eigenvalue weighted by atomic mass is 10.1. The van der Waals surface area contributed by atoms with Gasteiger partial charge in [-0.15, -0.1) is 0 Å². The maximum Gasteiger partial charge on any atom is 0.408 e. The van der Waals surface area contributed by atoms with Crippen molar-refractivity contribution in [1.29, 1.82) is 0 Å². The van der Waals surface area contributed by atoms with Gasteiger partial charge in [-0.1, -0.05) is 0 Å². The van der Waals surface area contributed by atoms with Crippen LogP contribution in [-0.4, -0.2) is 53.8 Å². The Bertz CT molecular complexity index is 527. The quantitative estimate of drug-likeness (QED) is 0.429. The number of alkyl carbamates (subject to hydrolysis) is 1. The van der Waals surface area contributed by atoms with Crippen molar-refractivity contribution in [3.05, 3.63) is 0 Å². The minimum Gasteiger partial charge on any atom is -0.480 e. The molecule has 9 nitrogen and oxygen atoms in total. The van der Waals surface area contributed by atoms with Crippen LogP contribution in [0.2, 0.25) is 0 Å². The van der Waals surface area contributed by atoms with Crippen molar-refractivity contribution < 1.29 is 33.8 Å². The van der Waals surface area contributed by atoms with Gasteiger partial charge in [0.25, 0.3) is 0 Å². The number of ether oxygens (including phenoxy) is 2. The fourth-order valence-electron chi connectivity index (χ4n) is 2.35. The molecule has 1 fully saturated rings. The molecule has 3 N–H and O–H groups in total. The monoisotopic (exact) mass is 358 g/mol. The molecule has 3 atom stereocenters. The van der Waals surface area contributed by atoms with E-state index in [9.17, 15) is 24.3 Å². The molecule has 0 aliphatic heterocycles. The molecule has 1 aliphatic carbocycles. The highest BCUT2D eigenvalue weighted by Crippen LogP contribution is 2.41. The Labute approximate surface area is 146 Å². The summed E-state index contributed by atoms with van der Waals surface area (Å²) in [6, 6.07) is -1.08. The normalized spacial score (nSPS) is 20.2. The number of amides is 2. The number of rotatable bonds is 8. The number of carbonyl (C=O) groups is 4. The molecule has 0 spiro atoms. The molecule has 142 valence electrons. The average Bonchev–Trinajstić information content (AvgIpc) is 3.19. The highest BCUT2D eigenvalue weighted by molar-refractivity contribution is 5.94. The van der Waals surface area contributed by atoms with Gasteiger partial charge in [0, 0.05) is 6.54 Å². The predicted molar refractivity (Wildman–Crippen MR) is 86.7 cm³/mol. The van der Waals surface area contributed by atoms with Crippen molar-refractivity contribution >= 4 is 23.9 Å². The van der Waals surface area contributed by atoms with E-state index in [1.165, 1.54) is 0 Å². The molecule has 0 radical (unpaired) electrons. The summed E-state index contributed by atoms with van der Waals surface area (Å²) in [6.45, 7) is 7.13. The zero-order valence-electron chi connectivity index (χ0n) is 15.0. The highest BCUT2D eigenvalue weighted by Gasteiger charge is 2.47. The van der Waals surface area contributed by atoms with Gasteiger partial charge in [-0.2, -0.15) is 0 Å². The minimum absolute atomic E-state index is 0.0813. The van der Waals surface area contributed by atoms with Crippen LogP contribution in [0.15, 0.2) is 0 Å². The molecule has 1 aliphatic rings. The molecule has 0 saturated heterocycles. The third-order valence-electron chi connectivity index (χ3n) is 3.52. The number of esters is 1. The van der Waals surface area contributed by atoms with Crippen LogP contribution in [-0.2, 0) is 23.9 Å². The average molecular weight is 358 g/mol. The lowest BCUT2D eigenvalue weighted by Gasteiger charge is -2.22. The van der Waals surface area contributed by atoms with E-state index in [0.717, 1.165) is 0 Å². The summed E-state index contributed by atoms with van der Waals surface area (Å²) in [5, 5.41) is 14.2. The lowest BCUT2D eigenvalue weighted by molar-refractivity contribution is -0.146. The Balaban J connectivity index is 2.42. The summed E-state index contributed by atoms with van der Waals surface area (Å²) in [4.78, 5) is 45.9. The van der Waals surface area contributed by atoms with E-state index < -0.39 is 35.6 Å². The van der Waals surface area contributed by atoms with Gasteiger partial charge in [0.15, 0.2) is 0 Å². The first-order valence-corrected chi connectivity index (χ1v) is 8.18. The van der Waals surface area contributed by atoms with Crippen LogP contribution in [0.4, 0.5) is 4.79 Å². The maximum absolute atomic E-state index is 11.7. The Kier molecular flexibility index (Phi) is 7.20. The van der Waals surface area contributed by atoms with Gasteiger partial charge in [0.05, 0.1) is 6.61 Å². The maximum atomic E-state index is 11.7. The summed E-state index contributed by atoms with van der Waals surface area (Å²) in [6.07, 6.45) is -0.618. The van der Waals surface area contributed by atoms with E-state index in [1.54, 1.807) is 27.7 Å². The molecule has 25 heavy (non-hydrogen) atoms. The van der Waals surface area contributed by atoms with Crippen molar-refractivity contribution in [2.24, 2.45) is 11.8 Å². The van der Waals surface area contributed by atoms with E-state index in [2.05, 4.69) is 15.4 Å². The standard InChI is InChI=1S/C16H26N2O7/c1-5-24-12(20)7-11(19)17-8-9-6-10(9)13(14(21)22)18-15(23)25-16(2,3)4/h9-10,13H,5-8H2,1-4H3,(H,17,19)(H,18,23)(H,21,22). The lowest BCUT2D eigenvalue weighted by Crippen LogP contribution is -2.45. The molecule has 9 heteroatoms. The molecule has 0 aromatic carbocycles. The number of carboxylic acid groups (broad SMARTS) is 1. The first-order chi connectivity index (χ1) is 11.5. The van der Waals surface area contributed by atoms with E-state index in [-0.39, 0.29) is 31.4 Å². The van der Waals surface area contributed by atoms with Crippen LogP contribution in [0.3, 0.4) is 0 Å². The summed E-state index contributed by atoms with van der Waals surface area (Å²) in [7, 11) is 0. The number of carboxylic acids is 1. The van der Waals surface area contributed by atoms with Gasteiger partial charge in [-0.3, -0.25) is 9.59 Å². The van der Waals surface area contributed by atoms with Gasteiger partial charge >= 0.3 is 18.0 Å². The van der Waals surface area contributed by atoms with Crippen LogP contribution in [0.5, 0.6) is 0 Å². The third kappa shape index (κ3) is 7.86. The molecular weight excluding hydrogens is 332 g/mol. The Morgan fingerprint density at radius 1 is 1.24 bits per heavy atom. The molecule has 1 saturated carbocycles. The van der Waals surface area contributed by atoms with Crippen LogP contribution >= 0.6 is 0 Å². The molecule has 0 bridgehead atoms. The van der Waals surface area contributed by atoms with Crippen LogP contribution < -0.4 is 10.6 Å². The topological polar surface area (TPSA) is 131 Å². The first kappa shape index (κ1) is 20.7. The van der Waals surface area contributed by atoms with Gasteiger partial charge in [0.2, 0.25) is 5.91 Å². The smallest absolute Gasteiger partial charge is 0.408 e. The second-order valence-electron chi connectivity index (χ2n) is 6.91. The number of carbonyl (C=O) groups excluding carboxylic acids is 3. The third-order valence-corrected chi connectivity index (χ3v) is 3.52. The van der Waals surface area contributed by atoms with Crippen molar-refractivity contribution in [1.82, 2.24) is 10.6 Å². The summed E-state index contributed by atoms with van der Waals surface area (Å²) in [5.41, 5.74) is -0.725. The Morgan fingerprint density at radius 2 is 1.88 bits per heavy atom. The van der Waals surface area contributed by atoms with Crippen molar-refractivity contribution in [2.75, 3.05) is 13.2 Å². The molecule has 0 heterocycles. The predicted octanol–water partition coefficient (Wildman–Crippen LogP) is 0.670. The van der Waals surface area contributed by atoms with E-state index in [4.69, 9.17) is 4.74 Å². The van der Waals surface area contributed by atoms with Crippen molar-refractivity contribution in [2.45, 2.75) is 52.2 Å². The second-order valence-corrected chi connectivity index (χ2v) is 6.91. The van der Waals surface area contributed by atoms with Crippen molar-refractivity contribution in [3.8, 4) is 0 Å². The van der Waals surface area contributed by atoms with Gasteiger partial charge in [-0.25, -0.2) is 9.59 Å². The molecule has 3 unspecified atom stereocenters. The fourth-order valence-corrected chi connectivity index (χ4v) is 2.35. The summed E-state index contributed by atoms with van der Waals surface area (Å²) < 4.78 is 9.73. The zero-order chi connectivity index (χ0) is 19.2.